The number of aromatic hydroxyl groups is 1. The highest BCUT2D eigenvalue weighted by atomic mass is 28.4. The molecule has 61 heavy (non-hydrogen) atoms. The largest absolute Gasteiger partial charge is 0.506 e. The van der Waals surface area contributed by atoms with Crippen molar-refractivity contribution in [2.75, 3.05) is 32.1 Å². The Bertz CT molecular complexity index is 2670. The normalized spacial score (nSPS) is 14.3. The van der Waals surface area contributed by atoms with E-state index in [1.807, 2.05) is 72.5 Å². The molecule has 2 amide bonds. The first-order chi connectivity index (χ1) is 29.0. The van der Waals surface area contributed by atoms with E-state index in [0.29, 0.717) is 48.6 Å². The van der Waals surface area contributed by atoms with E-state index in [9.17, 15) is 19.5 Å². The minimum atomic E-state index is -2.24. The zero-order chi connectivity index (χ0) is 43.6. The second-order valence-electron chi connectivity index (χ2n) is 17.6. The van der Waals surface area contributed by atoms with E-state index >= 15 is 0 Å². The number of aromatic nitrogens is 2. The molecule has 2 aromatic heterocycles. The lowest BCUT2D eigenvalue weighted by Gasteiger charge is -2.40. The van der Waals surface area contributed by atoms with Gasteiger partial charge in [-0.3, -0.25) is 19.4 Å². The maximum atomic E-state index is 14.0. The van der Waals surface area contributed by atoms with E-state index in [1.165, 1.54) is 12.3 Å². The zero-order valence-corrected chi connectivity index (χ0v) is 37.0. The number of carbonyl (C=O) groups excluding carboxylic acids is 2. The maximum absolute atomic E-state index is 14.0. The number of fused-ring (bicyclic) bond motifs is 2. The quantitative estimate of drug-likeness (QED) is 0.0716. The molecule has 0 saturated carbocycles. The number of amides is 2. The summed E-state index contributed by atoms with van der Waals surface area (Å²) in [5.74, 6) is 0.108. The number of nitrogens with zero attached hydrogens (tertiary/aromatic N) is 2. The molecular formula is C48H56N6O6Si. The monoisotopic (exact) mass is 840 g/mol. The topological polar surface area (TPSA) is 172 Å². The van der Waals surface area contributed by atoms with Crippen molar-refractivity contribution < 1.29 is 23.9 Å². The Morgan fingerprint density at radius 2 is 1.74 bits per heavy atom. The molecule has 1 aliphatic rings. The van der Waals surface area contributed by atoms with Gasteiger partial charge in [-0.25, -0.2) is 0 Å². The van der Waals surface area contributed by atoms with Crippen LogP contribution in [-0.2, 0) is 10.8 Å². The molecule has 6 aromatic rings. The average molecular weight is 841 g/mol. The molecule has 0 bridgehead atoms. The van der Waals surface area contributed by atoms with Crippen LogP contribution in [0.5, 0.6) is 11.5 Å². The molecule has 318 valence electrons. The summed E-state index contributed by atoms with van der Waals surface area (Å²) in [6.07, 6.45) is 3.32. The fraction of sp³-hybridized carbons (Fsp3) is 0.333. The molecular weight excluding hydrogens is 785 g/mol. The Balaban J connectivity index is 1.05. The number of likely N-dealkylation sites (tertiary alicyclic amines) is 1. The van der Waals surface area contributed by atoms with E-state index < -0.39 is 14.2 Å². The van der Waals surface area contributed by atoms with Crippen molar-refractivity contribution in [2.45, 2.75) is 77.2 Å². The number of methoxy groups -OCH3 is 1. The number of pyridine rings is 2. The van der Waals surface area contributed by atoms with Gasteiger partial charge in [-0.2, -0.15) is 0 Å². The van der Waals surface area contributed by atoms with Crippen LogP contribution >= 0.6 is 0 Å². The molecule has 13 heteroatoms. The fourth-order valence-corrected chi connectivity index (χ4v) is 9.18. The number of phenolic OH excluding ortho intramolecular Hbond substituents is 1. The van der Waals surface area contributed by atoms with Crippen molar-refractivity contribution in [2.24, 2.45) is 5.73 Å². The van der Waals surface area contributed by atoms with Gasteiger partial charge in [0.05, 0.1) is 35.5 Å². The number of aromatic amines is 1. The van der Waals surface area contributed by atoms with Gasteiger partial charge in [0.15, 0.2) is 8.32 Å². The van der Waals surface area contributed by atoms with Gasteiger partial charge in [0.2, 0.25) is 5.56 Å². The predicted molar refractivity (Wildman–Crippen MR) is 245 cm³/mol. The van der Waals surface area contributed by atoms with E-state index in [4.69, 9.17) is 14.9 Å². The number of piperidine rings is 1. The van der Waals surface area contributed by atoms with Crippen molar-refractivity contribution in [1.82, 2.24) is 20.2 Å². The molecule has 1 aliphatic heterocycles. The highest BCUT2D eigenvalue weighted by Crippen LogP contribution is 2.41. The summed E-state index contributed by atoms with van der Waals surface area (Å²) in [5, 5.41) is 19.2. The highest BCUT2D eigenvalue weighted by molar-refractivity contribution is 6.74. The minimum absolute atomic E-state index is 0.00115. The lowest BCUT2D eigenvalue weighted by molar-refractivity contribution is 0.0698. The zero-order valence-electron chi connectivity index (χ0n) is 36.0. The van der Waals surface area contributed by atoms with Crippen molar-refractivity contribution in [3.05, 3.63) is 135 Å². The number of carbonyl (C=O) groups is 2. The molecule has 0 radical (unpaired) electrons. The summed E-state index contributed by atoms with van der Waals surface area (Å²) in [5.41, 5.74) is 12.8. The number of rotatable bonds is 13. The second-order valence-corrected chi connectivity index (χ2v) is 22.3. The van der Waals surface area contributed by atoms with Crippen molar-refractivity contribution in [3.8, 4) is 11.5 Å². The first-order valence-electron chi connectivity index (χ1n) is 20.8. The van der Waals surface area contributed by atoms with Crippen LogP contribution in [0, 0.1) is 6.92 Å². The van der Waals surface area contributed by atoms with Crippen molar-refractivity contribution in [1.29, 1.82) is 0 Å². The molecule has 1 atom stereocenters. The molecule has 12 nitrogen and oxygen atoms in total. The number of nitrogens with two attached hydrogens (primary N) is 1. The molecule has 6 N–H and O–H groups in total. The van der Waals surface area contributed by atoms with E-state index in [1.54, 1.807) is 19.2 Å². The van der Waals surface area contributed by atoms with Gasteiger partial charge in [-0.1, -0.05) is 51.1 Å². The summed E-state index contributed by atoms with van der Waals surface area (Å²) in [6.45, 7) is 14.8. The first-order valence-corrected chi connectivity index (χ1v) is 23.7. The highest BCUT2D eigenvalue weighted by Gasteiger charge is 2.40. The summed E-state index contributed by atoms with van der Waals surface area (Å²) in [7, 11) is -0.634. The number of benzene rings is 4. The average Bonchev–Trinajstić information content (AvgIpc) is 3.22. The van der Waals surface area contributed by atoms with Crippen LogP contribution in [0.1, 0.15) is 82.7 Å². The van der Waals surface area contributed by atoms with Crippen LogP contribution in [0.3, 0.4) is 0 Å². The standard InChI is InChI=1S/C48H56N6O6Si/c1-29-22-31(25-38-43(29)51-27-39(46(49)57)44(38)52-34-12-9-13-35(26-34)59-5)23-30-10-8-11-32(24-30)47(58)54-20-18-33(19-21-54)50-28-41(60-61(6,7)48(2,3)4)36-14-16-40(55)45-37(36)15-17-42(56)53-45/h8-17,22,24-27,33,41,50,55H,18-21,23,28H2,1-7H3,(H2,49,57)(H,51,52)(H,53,56)/t41-/m0/s1. The molecule has 0 aliphatic carbocycles. The smallest absolute Gasteiger partial charge is 0.253 e. The SMILES string of the molecule is COc1cccc(Nc2c(C(N)=O)cnc3c(C)cc(Cc4cccc(C(=O)N5CCC(NC[C@H](O[Si](C)(C)C(C)(C)C)c6ccc(O)c7[nH]c(=O)ccc67)CC5)c4)cc23)c1. The number of hydrogen-bond acceptors (Lipinski definition) is 9. The van der Waals surface area contributed by atoms with Gasteiger partial charge in [-0.05, 0) is 109 Å². The predicted octanol–water partition coefficient (Wildman–Crippen LogP) is 8.49. The number of ether oxygens (including phenoxy) is 1. The Morgan fingerprint density at radius 1 is 0.984 bits per heavy atom. The number of anilines is 2. The van der Waals surface area contributed by atoms with Gasteiger partial charge in [-0.15, -0.1) is 0 Å². The molecule has 4 aromatic carbocycles. The van der Waals surface area contributed by atoms with Crippen molar-refractivity contribution in [3.63, 3.8) is 0 Å². The van der Waals surface area contributed by atoms with Crippen LogP contribution < -0.4 is 26.7 Å². The number of primary amides is 1. The van der Waals surface area contributed by atoms with Gasteiger partial charge >= 0.3 is 0 Å². The number of hydrogen-bond donors (Lipinski definition) is 5. The van der Waals surface area contributed by atoms with Crippen LogP contribution in [0.25, 0.3) is 21.8 Å². The third kappa shape index (κ3) is 9.49. The lowest BCUT2D eigenvalue weighted by atomic mass is 9.96. The van der Waals surface area contributed by atoms with E-state index in [-0.39, 0.29) is 40.0 Å². The molecule has 0 unspecified atom stereocenters. The molecule has 0 spiro atoms. The van der Waals surface area contributed by atoms with Crippen molar-refractivity contribution >= 4 is 53.3 Å². The summed E-state index contributed by atoms with van der Waals surface area (Å²) >= 11 is 0. The molecule has 3 heterocycles. The molecule has 1 saturated heterocycles. The van der Waals surface area contributed by atoms with Gasteiger partial charge in [0, 0.05) is 66.0 Å². The Labute approximate surface area is 357 Å². The number of H-pyrrole nitrogens is 1. The fourth-order valence-electron chi connectivity index (χ4n) is 7.90. The third-order valence-electron chi connectivity index (χ3n) is 12.3. The first kappa shape index (κ1) is 43.1. The van der Waals surface area contributed by atoms with Crippen LogP contribution in [0.4, 0.5) is 11.4 Å². The Morgan fingerprint density at radius 3 is 2.46 bits per heavy atom. The van der Waals surface area contributed by atoms with Gasteiger partial charge in [0.25, 0.3) is 11.8 Å². The summed E-state index contributed by atoms with van der Waals surface area (Å²) < 4.78 is 12.4. The van der Waals surface area contributed by atoms with Crippen LogP contribution in [-0.4, -0.2) is 72.9 Å². The number of phenols is 1. The minimum Gasteiger partial charge on any atom is -0.506 e. The Hall–Kier alpha value is -6.02. The Kier molecular flexibility index (Phi) is 12.4. The number of aryl methyl sites for hydroxylation is 1. The second kappa shape index (κ2) is 17.5. The van der Waals surface area contributed by atoms with Crippen LogP contribution in [0.2, 0.25) is 18.1 Å². The number of nitrogens with one attached hydrogen (secondary N) is 3. The maximum Gasteiger partial charge on any atom is 0.253 e. The molecule has 7 rings (SSSR count). The van der Waals surface area contributed by atoms with Gasteiger partial charge in [0.1, 0.15) is 11.5 Å². The molecule has 1 fully saturated rings. The van der Waals surface area contributed by atoms with Crippen LogP contribution in [0.15, 0.2) is 95.9 Å². The lowest BCUT2D eigenvalue weighted by Crippen LogP contribution is -2.47. The third-order valence-corrected chi connectivity index (χ3v) is 16.8. The van der Waals surface area contributed by atoms with Gasteiger partial charge < -0.3 is 40.5 Å². The summed E-state index contributed by atoms with van der Waals surface area (Å²) in [4.78, 5) is 48.0. The van der Waals surface area contributed by atoms with E-state index in [0.717, 1.165) is 57.1 Å². The van der Waals surface area contributed by atoms with E-state index in [2.05, 4.69) is 60.5 Å². The summed E-state index contributed by atoms with van der Waals surface area (Å²) in [6, 6.07) is 26.3.